The van der Waals surface area contributed by atoms with Gasteiger partial charge in [0, 0.05) is 37.4 Å². The lowest BCUT2D eigenvalue weighted by Gasteiger charge is -2.61. The van der Waals surface area contributed by atoms with Crippen molar-refractivity contribution in [2.24, 2.45) is 40.4 Å². The maximum Gasteiger partial charge on any atom is 0.137 e. The van der Waals surface area contributed by atoms with E-state index >= 15 is 0 Å². The minimum Gasteiger partial charge on any atom is -0.391 e. The fourth-order valence-electron chi connectivity index (χ4n) is 9.62. The summed E-state index contributed by atoms with van der Waals surface area (Å²) in [5.74, 6) is 2.15. The third kappa shape index (κ3) is 3.36. The molecule has 1 N–H and O–H groups in total. The highest BCUT2D eigenvalue weighted by molar-refractivity contribution is 5.87. The van der Waals surface area contributed by atoms with E-state index < -0.39 is 0 Å². The van der Waals surface area contributed by atoms with Crippen molar-refractivity contribution < 1.29 is 19.4 Å². The van der Waals surface area contributed by atoms with E-state index in [-0.39, 0.29) is 52.8 Å². The van der Waals surface area contributed by atoms with Crippen LogP contribution in [0.5, 0.6) is 0 Å². The van der Waals surface area contributed by atoms with E-state index in [4.69, 9.17) is 4.74 Å². The highest BCUT2D eigenvalue weighted by Crippen LogP contribution is 2.66. The molecule has 5 fully saturated rings. The third-order valence-corrected chi connectivity index (χ3v) is 10.8. The van der Waals surface area contributed by atoms with Gasteiger partial charge in [0.15, 0.2) is 0 Å². The lowest BCUT2D eigenvalue weighted by molar-refractivity contribution is -0.175. The number of fused-ring (bicyclic) bond motifs is 5. The minimum atomic E-state index is -0.320. The zero-order chi connectivity index (χ0) is 23.0. The molecule has 4 aliphatic carbocycles. The molecule has 0 unspecified atom stereocenters. The highest BCUT2D eigenvalue weighted by atomic mass is 16.5. The van der Waals surface area contributed by atoms with Crippen molar-refractivity contribution in [3.05, 3.63) is 0 Å². The average Bonchev–Trinajstić information content (AvgIpc) is 3.03. The third-order valence-electron chi connectivity index (χ3n) is 10.8. The fourth-order valence-corrected chi connectivity index (χ4v) is 9.62. The van der Waals surface area contributed by atoms with Crippen LogP contribution in [-0.2, 0) is 14.3 Å². The number of hydrogen-bond acceptors (Lipinski definition) is 5. The summed E-state index contributed by atoms with van der Waals surface area (Å²) in [6.07, 6.45) is 6.58. The summed E-state index contributed by atoms with van der Waals surface area (Å²) in [5, 5.41) is 11.2. The van der Waals surface area contributed by atoms with Crippen LogP contribution in [0.4, 0.5) is 0 Å². The molecule has 1 aliphatic heterocycles. The maximum absolute atomic E-state index is 13.9. The summed E-state index contributed by atoms with van der Waals surface area (Å²) in [4.78, 5) is 28.7. The summed E-state index contributed by atoms with van der Waals surface area (Å²) in [6, 6.07) is 0.110. The van der Waals surface area contributed by atoms with Crippen molar-refractivity contribution in [2.45, 2.75) is 104 Å². The minimum absolute atomic E-state index is 0.0513. The molecule has 1 heterocycles. The first kappa shape index (κ1) is 23.0. The average molecular weight is 446 g/mol. The molecule has 5 nitrogen and oxygen atoms in total. The van der Waals surface area contributed by atoms with E-state index in [0.29, 0.717) is 30.0 Å². The molecule has 180 valence electrons. The number of Topliss-reactive ketones (excluding diaryl/α,β-unsaturated/α-hetero) is 2. The number of morpholine rings is 1. The topological polar surface area (TPSA) is 66.8 Å². The Hall–Kier alpha value is -0.780. The Morgan fingerprint density at radius 2 is 1.75 bits per heavy atom. The molecule has 4 saturated carbocycles. The fraction of sp³-hybridized carbons (Fsp3) is 0.926. The van der Waals surface area contributed by atoms with Gasteiger partial charge in [-0.05, 0) is 87.9 Å². The van der Waals surface area contributed by atoms with Crippen LogP contribution in [0.2, 0.25) is 0 Å². The summed E-state index contributed by atoms with van der Waals surface area (Å²) in [5.41, 5.74) is -0.194. The van der Waals surface area contributed by atoms with Crippen LogP contribution in [-0.4, -0.2) is 59.0 Å². The Bertz CT molecular complexity index is 774. The highest BCUT2D eigenvalue weighted by Gasteiger charge is 2.64. The Morgan fingerprint density at radius 3 is 2.41 bits per heavy atom. The summed E-state index contributed by atoms with van der Waals surface area (Å²) in [6.45, 7) is 12.3. The first-order valence-electron chi connectivity index (χ1n) is 13.2. The molecule has 11 atom stereocenters. The Morgan fingerprint density at radius 1 is 1.06 bits per heavy atom. The SMILES string of the molecule is CC(=O)[C@H]1CC[C@H]2[C@@H]3CC[C@H]4C[C@H](O)[C@@H](N5C[C@@H](C)O[C@@H](C)C5)C[C@]4(C)[C@H]3C(=O)C[C@]12C. The lowest BCUT2D eigenvalue weighted by Crippen LogP contribution is -2.63. The van der Waals surface area contributed by atoms with Gasteiger partial charge in [0.25, 0.3) is 0 Å². The van der Waals surface area contributed by atoms with Crippen molar-refractivity contribution >= 4 is 11.6 Å². The number of hydrogen-bond donors (Lipinski definition) is 1. The number of rotatable bonds is 2. The van der Waals surface area contributed by atoms with E-state index in [1.165, 1.54) is 0 Å². The molecule has 0 aromatic carbocycles. The largest absolute Gasteiger partial charge is 0.391 e. The van der Waals surface area contributed by atoms with Crippen LogP contribution in [0, 0.1) is 40.4 Å². The Balaban J connectivity index is 1.44. The number of ether oxygens (including phenoxy) is 1. The van der Waals surface area contributed by atoms with Crippen LogP contribution >= 0.6 is 0 Å². The molecular weight excluding hydrogens is 402 g/mol. The maximum atomic E-state index is 13.9. The lowest BCUT2D eigenvalue weighted by atomic mass is 9.43. The van der Waals surface area contributed by atoms with Crippen LogP contribution in [0.25, 0.3) is 0 Å². The van der Waals surface area contributed by atoms with Gasteiger partial charge >= 0.3 is 0 Å². The van der Waals surface area contributed by atoms with Crippen molar-refractivity contribution in [1.29, 1.82) is 0 Å². The monoisotopic (exact) mass is 445 g/mol. The molecule has 0 spiro atoms. The van der Waals surface area contributed by atoms with E-state index in [1.54, 1.807) is 6.92 Å². The molecule has 0 radical (unpaired) electrons. The Labute approximate surface area is 193 Å². The zero-order valence-corrected chi connectivity index (χ0v) is 20.7. The molecular formula is C27H43NO4. The van der Waals surface area contributed by atoms with Gasteiger partial charge in [0.2, 0.25) is 0 Å². The van der Waals surface area contributed by atoms with Crippen LogP contribution in [0.15, 0.2) is 0 Å². The number of aliphatic hydroxyl groups is 1. The van der Waals surface area contributed by atoms with Crippen LogP contribution in [0.1, 0.15) is 79.6 Å². The van der Waals surface area contributed by atoms with Crippen molar-refractivity contribution in [1.82, 2.24) is 4.90 Å². The number of carbonyl (C=O) groups is 2. The summed E-state index contributed by atoms with van der Waals surface area (Å²) in [7, 11) is 0. The number of nitrogens with zero attached hydrogens (tertiary/aromatic N) is 1. The predicted octanol–water partition coefficient (Wildman–Crippen LogP) is 3.86. The van der Waals surface area contributed by atoms with E-state index in [9.17, 15) is 14.7 Å². The van der Waals surface area contributed by atoms with E-state index in [2.05, 4.69) is 32.6 Å². The van der Waals surface area contributed by atoms with Crippen LogP contribution in [0.3, 0.4) is 0 Å². The molecule has 1 saturated heterocycles. The molecule has 0 aromatic rings. The van der Waals surface area contributed by atoms with Crippen molar-refractivity contribution in [3.63, 3.8) is 0 Å². The van der Waals surface area contributed by atoms with Gasteiger partial charge in [-0.15, -0.1) is 0 Å². The molecule has 32 heavy (non-hydrogen) atoms. The van der Waals surface area contributed by atoms with Gasteiger partial charge in [0.1, 0.15) is 11.6 Å². The molecule has 0 amide bonds. The second kappa shape index (κ2) is 7.88. The summed E-state index contributed by atoms with van der Waals surface area (Å²) >= 11 is 0. The zero-order valence-electron chi connectivity index (χ0n) is 20.7. The predicted molar refractivity (Wildman–Crippen MR) is 123 cm³/mol. The Kier molecular flexibility index (Phi) is 5.66. The van der Waals surface area contributed by atoms with Gasteiger partial charge in [-0.25, -0.2) is 0 Å². The van der Waals surface area contributed by atoms with Crippen molar-refractivity contribution in [3.8, 4) is 0 Å². The van der Waals surface area contributed by atoms with Gasteiger partial charge in [-0.1, -0.05) is 13.8 Å². The number of ketones is 2. The normalized spacial score (nSPS) is 53.9. The summed E-state index contributed by atoms with van der Waals surface area (Å²) < 4.78 is 5.96. The second-order valence-corrected chi connectivity index (χ2v) is 12.7. The van der Waals surface area contributed by atoms with Gasteiger partial charge < -0.3 is 9.84 Å². The van der Waals surface area contributed by atoms with Gasteiger partial charge in [-0.2, -0.15) is 0 Å². The first-order valence-corrected chi connectivity index (χ1v) is 13.2. The van der Waals surface area contributed by atoms with E-state index in [1.807, 2.05) is 0 Å². The molecule has 0 bridgehead atoms. The number of carbonyl (C=O) groups excluding carboxylic acids is 2. The van der Waals surface area contributed by atoms with Crippen molar-refractivity contribution in [2.75, 3.05) is 13.1 Å². The first-order chi connectivity index (χ1) is 15.0. The smallest absolute Gasteiger partial charge is 0.137 e. The molecule has 0 aromatic heterocycles. The van der Waals surface area contributed by atoms with E-state index in [0.717, 1.165) is 51.6 Å². The second-order valence-electron chi connectivity index (χ2n) is 12.7. The molecule has 5 rings (SSSR count). The molecule has 5 aliphatic rings. The standard InChI is InChI=1S/C27H43NO4/c1-15-13-28(14-16(2)32-15)22-11-26(4)18(10-23(22)30)6-7-19-21-9-8-20(17(3)29)27(21,5)12-24(31)25(19)26/h15-16,18-23,25,30H,6-14H2,1-5H3/t15-,16+,18-,19-,20+,21-,22-,23-,25+,26-,27+/m0/s1. The van der Waals surface area contributed by atoms with Gasteiger partial charge in [-0.3, -0.25) is 14.5 Å². The van der Waals surface area contributed by atoms with Crippen LogP contribution < -0.4 is 0 Å². The quantitative estimate of drug-likeness (QED) is 0.699. The van der Waals surface area contributed by atoms with Gasteiger partial charge in [0.05, 0.1) is 18.3 Å². The molecule has 5 heteroatoms. The number of aliphatic hydroxyl groups excluding tert-OH is 1.